The number of anilines is 1. The largest absolute Gasteiger partial charge is 0.495 e. The minimum atomic E-state index is -1.11. The van der Waals surface area contributed by atoms with Gasteiger partial charge in [0.15, 0.2) is 0 Å². The first-order chi connectivity index (χ1) is 10.0. The van der Waals surface area contributed by atoms with Crippen LogP contribution < -0.4 is 9.64 Å². The SMILES string of the molecule is COc1cc2ccccc2cc1N(CC(=O)O)CC(=O)O. The molecule has 0 unspecified atom stereocenters. The van der Waals surface area contributed by atoms with Gasteiger partial charge in [0.05, 0.1) is 12.8 Å². The fourth-order valence-corrected chi connectivity index (χ4v) is 2.17. The first-order valence-corrected chi connectivity index (χ1v) is 6.26. The van der Waals surface area contributed by atoms with Gasteiger partial charge in [-0.2, -0.15) is 0 Å². The summed E-state index contributed by atoms with van der Waals surface area (Å²) in [4.78, 5) is 23.2. The Labute approximate surface area is 121 Å². The van der Waals surface area contributed by atoms with Gasteiger partial charge >= 0.3 is 11.9 Å². The van der Waals surface area contributed by atoms with Crippen LogP contribution in [0.15, 0.2) is 36.4 Å². The molecule has 0 spiro atoms. The first-order valence-electron chi connectivity index (χ1n) is 6.26. The van der Waals surface area contributed by atoms with Crippen LogP contribution in [0.3, 0.4) is 0 Å². The van der Waals surface area contributed by atoms with Crippen molar-refractivity contribution >= 4 is 28.4 Å². The standard InChI is InChI=1S/C15H15NO5/c1-21-13-7-11-5-3-2-4-10(11)6-12(13)16(8-14(17)18)9-15(19)20/h2-7H,8-9H2,1H3,(H,17,18)(H,19,20). The van der Waals surface area contributed by atoms with Crippen LogP contribution in [0, 0.1) is 0 Å². The Balaban J connectivity index is 2.53. The summed E-state index contributed by atoms with van der Waals surface area (Å²) in [7, 11) is 1.47. The molecule has 110 valence electrons. The lowest BCUT2D eigenvalue weighted by Crippen LogP contribution is -2.34. The summed E-state index contributed by atoms with van der Waals surface area (Å²) in [5.41, 5.74) is 0.445. The number of nitrogens with zero attached hydrogens (tertiary/aromatic N) is 1. The molecule has 0 fully saturated rings. The minimum Gasteiger partial charge on any atom is -0.495 e. The fraction of sp³-hybridized carbons (Fsp3) is 0.200. The number of hydrogen-bond acceptors (Lipinski definition) is 4. The van der Waals surface area contributed by atoms with Crippen molar-refractivity contribution in [2.45, 2.75) is 0 Å². The first kappa shape index (κ1) is 14.6. The number of hydrogen-bond donors (Lipinski definition) is 2. The van der Waals surface area contributed by atoms with E-state index >= 15 is 0 Å². The smallest absolute Gasteiger partial charge is 0.323 e. The number of carboxylic acids is 2. The molecule has 0 radical (unpaired) electrons. The Morgan fingerprint density at radius 3 is 2.05 bits per heavy atom. The monoisotopic (exact) mass is 289 g/mol. The van der Waals surface area contributed by atoms with Crippen LogP contribution >= 0.6 is 0 Å². The molecule has 0 atom stereocenters. The van der Waals surface area contributed by atoms with E-state index in [-0.39, 0.29) is 0 Å². The molecule has 0 aliphatic carbocycles. The Kier molecular flexibility index (Phi) is 4.27. The number of methoxy groups -OCH3 is 1. The molecule has 2 N–H and O–H groups in total. The molecular weight excluding hydrogens is 274 g/mol. The number of rotatable bonds is 6. The van der Waals surface area contributed by atoms with Gasteiger partial charge in [-0.15, -0.1) is 0 Å². The third-order valence-electron chi connectivity index (χ3n) is 3.04. The molecule has 0 saturated heterocycles. The van der Waals surface area contributed by atoms with E-state index in [0.717, 1.165) is 10.8 Å². The highest BCUT2D eigenvalue weighted by Crippen LogP contribution is 2.33. The molecule has 0 aliphatic heterocycles. The lowest BCUT2D eigenvalue weighted by Gasteiger charge is -2.23. The van der Waals surface area contributed by atoms with Crippen LogP contribution in [0.2, 0.25) is 0 Å². The Morgan fingerprint density at radius 2 is 1.57 bits per heavy atom. The van der Waals surface area contributed by atoms with Crippen molar-refractivity contribution in [1.29, 1.82) is 0 Å². The lowest BCUT2D eigenvalue weighted by atomic mass is 10.1. The molecule has 2 rings (SSSR count). The van der Waals surface area contributed by atoms with Crippen molar-refractivity contribution in [3.05, 3.63) is 36.4 Å². The van der Waals surface area contributed by atoms with Gasteiger partial charge in [0, 0.05) is 0 Å². The van der Waals surface area contributed by atoms with E-state index in [1.54, 1.807) is 12.1 Å². The molecule has 6 nitrogen and oxygen atoms in total. The van der Waals surface area contributed by atoms with Crippen molar-refractivity contribution in [2.75, 3.05) is 25.1 Å². The molecule has 0 saturated carbocycles. The minimum absolute atomic E-state index is 0.416. The summed E-state index contributed by atoms with van der Waals surface area (Å²) in [6.45, 7) is -0.831. The predicted octanol–water partition coefficient (Wildman–Crippen LogP) is 1.82. The van der Waals surface area contributed by atoms with Gasteiger partial charge in [-0.3, -0.25) is 9.59 Å². The molecule has 6 heteroatoms. The van der Waals surface area contributed by atoms with E-state index < -0.39 is 25.0 Å². The van der Waals surface area contributed by atoms with Crippen molar-refractivity contribution in [1.82, 2.24) is 0 Å². The van der Waals surface area contributed by atoms with Gasteiger partial charge < -0.3 is 19.8 Å². The van der Waals surface area contributed by atoms with E-state index in [1.165, 1.54) is 12.0 Å². The normalized spacial score (nSPS) is 10.3. The molecule has 0 bridgehead atoms. The third-order valence-corrected chi connectivity index (χ3v) is 3.04. The molecule has 2 aromatic rings. The van der Waals surface area contributed by atoms with E-state index in [2.05, 4.69) is 0 Å². The van der Waals surface area contributed by atoms with Crippen LogP contribution in [0.1, 0.15) is 0 Å². The number of aliphatic carboxylic acids is 2. The van der Waals surface area contributed by atoms with Gasteiger partial charge in [-0.25, -0.2) is 0 Å². The quantitative estimate of drug-likeness (QED) is 0.843. The highest BCUT2D eigenvalue weighted by Gasteiger charge is 2.18. The zero-order valence-electron chi connectivity index (χ0n) is 11.4. The Hall–Kier alpha value is -2.76. The van der Waals surface area contributed by atoms with Crippen LogP contribution in [0.25, 0.3) is 10.8 Å². The fourth-order valence-electron chi connectivity index (χ4n) is 2.17. The van der Waals surface area contributed by atoms with E-state index in [0.29, 0.717) is 11.4 Å². The average molecular weight is 289 g/mol. The molecule has 0 amide bonds. The Morgan fingerprint density at radius 1 is 1.05 bits per heavy atom. The lowest BCUT2D eigenvalue weighted by molar-refractivity contribution is -0.136. The summed E-state index contributed by atoms with van der Waals surface area (Å²) < 4.78 is 5.27. The number of carboxylic acid groups (broad SMARTS) is 2. The summed E-state index contributed by atoms with van der Waals surface area (Å²) in [5.74, 6) is -1.77. The Bertz CT molecular complexity index is 667. The van der Waals surface area contributed by atoms with E-state index in [1.807, 2.05) is 24.3 Å². The zero-order valence-corrected chi connectivity index (χ0v) is 11.4. The molecule has 0 heterocycles. The third kappa shape index (κ3) is 3.42. The second kappa shape index (κ2) is 6.13. The second-order valence-corrected chi connectivity index (χ2v) is 4.51. The number of fused-ring (bicyclic) bond motifs is 1. The summed E-state index contributed by atoms with van der Waals surface area (Å²) in [5, 5.41) is 19.7. The maximum Gasteiger partial charge on any atom is 0.323 e. The van der Waals surface area contributed by atoms with E-state index in [9.17, 15) is 9.59 Å². The van der Waals surface area contributed by atoms with Crippen molar-refractivity contribution in [3.8, 4) is 5.75 Å². The molecule has 0 aliphatic rings. The summed E-state index contributed by atoms with van der Waals surface area (Å²) in [6, 6.07) is 11.0. The highest BCUT2D eigenvalue weighted by molar-refractivity contribution is 5.91. The van der Waals surface area contributed by atoms with Gasteiger partial charge in [0.2, 0.25) is 0 Å². The summed E-state index contributed by atoms with van der Waals surface area (Å²) in [6.07, 6.45) is 0. The second-order valence-electron chi connectivity index (χ2n) is 4.51. The summed E-state index contributed by atoms with van der Waals surface area (Å²) >= 11 is 0. The van der Waals surface area contributed by atoms with Gasteiger partial charge in [0.1, 0.15) is 18.8 Å². The van der Waals surface area contributed by atoms with E-state index in [4.69, 9.17) is 14.9 Å². The molecule has 21 heavy (non-hydrogen) atoms. The predicted molar refractivity (Wildman–Crippen MR) is 78.0 cm³/mol. The van der Waals surface area contributed by atoms with Gasteiger partial charge in [-0.1, -0.05) is 24.3 Å². The molecule has 2 aromatic carbocycles. The van der Waals surface area contributed by atoms with Crippen molar-refractivity contribution in [2.24, 2.45) is 0 Å². The topological polar surface area (TPSA) is 87.1 Å². The molecular formula is C15H15NO5. The van der Waals surface area contributed by atoms with Crippen LogP contribution in [-0.2, 0) is 9.59 Å². The maximum atomic E-state index is 11.0. The van der Waals surface area contributed by atoms with Gasteiger partial charge in [-0.05, 0) is 22.9 Å². The highest BCUT2D eigenvalue weighted by atomic mass is 16.5. The number of ether oxygens (including phenoxy) is 1. The van der Waals surface area contributed by atoms with Crippen molar-refractivity contribution in [3.63, 3.8) is 0 Å². The van der Waals surface area contributed by atoms with Gasteiger partial charge in [0.25, 0.3) is 0 Å². The van der Waals surface area contributed by atoms with Crippen LogP contribution in [0.5, 0.6) is 5.75 Å². The van der Waals surface area contributed by atoms with Crippen LogP contribution in [0.4, 0.5) is 5.69 Å². The zero-order chi connectivity index (χ0) is 15.4. The van der Waals surface area contributed by atoms with Crippen molar-refractivity contribution < 1.29 is 24.5 Å². The average Bonchev–Trinajstić information content (AvgIpc) is 2.44. The number of benzene rings is 2. The van der Waals surface area contributed by atoms with Crippen LogP contribution in [-0.4, -0.2) is 42.4 Å². The molecule has 0 aromatic heterocycles. The number of carbonyl (C=O) groups is 2. The maximum absolute atomic E-state index is 11.0.